The van der Waals surface area contributed by atoms with Crippen molar-refractivity contribution < 1.29 is 28.5 Å². The fourth-order valence-electron chi connectivity index (χ4n) is 7.08. The molecule has 4 aromatic rings. The SMILES string of the molecule is Cc1cn([C@H]2C[C@H](O)[C@@H](OCCO[C@H]3C[C@H](n4cc(C)c(=O)[nH]c4=O)O[C@@H]3CO[Si](c3ccccc3)(c3ccccc3)C(C)(C)C)O2)c(=O)[nH]c1=O. The molecule has 2 aromatic heterocycles. The van der Waals surface area contributed by atoms with Crippen molar-refractivity contribution in [3.8, 4) is 0 Å². The number of H-pyrrole nitrogens is 2. The lowest BCUT2D eigenvalue weighted by atomic mass is 10.2. The van der Waals surface area contributed by atoms with E-state index in [1.807, 2.05) is 36.4 Å². The number of hydrogen-bond acceptors (Lipinski definition) is 10. The van der Waals surface area contributed by atoms with Gasteiger partial charge in [-0.15, -0.1) is 0 Å². The van der Waals surface area contributed by atoms with Gasteiger partial charge in [0.25, 0.3) is 19.4 Å². The molecule has 15 heteroatoms. The number of nitrogens with one attached hydrogen (secondary N) is 2. The minimum atomic E-state index is -2.95. The second-order valence-electron chi connectivity index (χ2n) is 14.3. The summed E-state index contributed by atoms with van der Waals surface area (Å²) in [5.41, 5.74) is -1.48. The van der Waals surface area contributed by atoms with Gasteiger partial charge in [0.2, 0.25) is 0 Å². The molecule has 0 spiro atoms. The highest BCUT2D eigenvalue weighted by Crippen LogP contribution is 2.38. The number of rotatable bonds is 12. The van der Waals surface area contributed by atoms with Crippen LogP contribution in [0.25, 0.3) is 0 Å². The summed E-state index contributed by atoms with van der Waals surface area (Å²) < 4.78 is 34.3. The Morgan fingerprint density at radius 1 is 0.769 bits per heavy atom. The monoisotopic (exact) mass is 734 g/mol. The molecule has 2 fully saturated rings. The Balaban J connectivity index is 1.20. The van der Waals surface area contributed by atoms with Crippen LogP contribution >= 0.6 is 0 Å². The minimum absolute atomic E-state index is 0.0369. The Labute approximate surface area is 301 Å². The largest absolute Gasteiger partial charge is 0.405 e. The van der Waals surface area contributed by atoms with Gasteiger partial charge in [-0.2, -0.15) is 0 Å². The molecule has 4 heterocycles. The average molecular weight is 735 g/mol. The number of nitrogens with zero attached hydrogens (tertiary/aromatic N) is 2. The van der Waals surface area contributed by atoms with Crippen molar-refractivity contribution in [2.45, 2.75) is 89.6 Å². The Morgan fingerprint density at radius 3 is 1.79 bits per heavy atom. The molecule has 14 nitrogen and oxygen atoms in total. The van der Waals surface area contributed by atoms with Gasteiger partial charge in [0.1, 0.15) is 24.7 Å². The zero-order valence-electron chi connectivity index (χ0n) is 29.9. The molecule has 2 saturated heterocycles. The molecule has 0 saturated carbocycles. The van der Waals surface area contributed by atoms with E-state index in [4.69, 9.17) is 23.4 Å². The van der Waals surface area contributed by atoms with Crippen molar-refractivity contribution in [1.82, 2.24) is 19.1 Å². The fraction of sp³-hybridized carbons (Fsp3) is 0.459. The van der Waals surface area contributed by atoms with Gasteiger partial charge < -0.3 is 28.5 Å². The maximum absolute atomic E-state index is 12.9. The van der Waals surface area contributed by atoms with Crippen molar-refractivity contribution in [3.63, 3.8) is 0 Å². The van der Waals surface area contributed by atoms with Crippen LogP contribution in [-0.2, 0) is 23.4 Å². The number of aryl methyl sites for hydroxylation is 2. The average Bonchev–Trinajstić information content (AvgIpc) is 3.69. The van der Waals surface area contributed by atoms with Crippen LogP contribution in [0.15, 0.2) is 92.2 Å². The van der Waals surface area contributed by atoms with Gasteiger partial charge in [-0.25, -0.2) is 9.59 Å². The van der Waals surface area contributed by atoms with E-state index in [1.165, 1.54) is 21.5 Å². The number of aliphatic hydroxyl groups excluding tert-OH is 1. The topological polar surface area (TPSA) is 176 Å². The van der Waals surface area contributed by atoms with Gasteiger partial charge in [-0.3, -0.25) is 28.7 Å². The number of benzene rings is 2. The maximum Gasteiger partial charge on any atom is 0.330 e. The normalized spacial score (nSPS) is 23.7. The third kappa shape index (κ3) is 7.62. The van der Waals surface area contributed by atoms with Crippen LogP contribution in [0, 0.1) is 13.8 Å². The first-order valence-corrected chi connectivity index (χ1v) is 19.3. The molecule has 6 rings (SSSR count). The van der Waals surface area contributed by atoms with E-state index in [1.54, 1.807) is 13.8 Å². The first-order chi connectivity index (χ1) is 24.8. The molecule has 278 valence electrons. The van der Waals surface area contributed by atoms with E-state index in [2.05, 4.69) is 55.0 Å². The lowest BCUT2D eigenvalue weighted by Gasteiger charge is -2.43. The molecular formula is C37H46N4O10Si. The summed E-state index contributed by atoms with van der Waals surface area (Å²) in [4.78, 5) is 53.8. The van der Waals surface area contributed by atoms with Gasteiger partial charge >= 0.3 is 11.4 Å². The number of ether oxygens (including phenoxy) is 4. The van der Waals surface area contributed by atoms with E-state index in [9.17, 15) is 24.3 Å². The van der Waals surface area contributed by atoms with E-state index >= 15 is 0 Å². The van der Waals surface area contributed by atoms with Crippen LogP contribution in [0.5, 0.6) is 0 Å². The third-order valence-electron chi connectivity index (χ3n) is 9.72. The molecule has 2 aliphatic rings. The van der Waals surface area contributed by atoms with Crippen molar-refractivity contribution in [3.05, 3.63) is 126 Å². The molecular weight excluding hydrogens is 689 g/mol. The van der Waals surface area contributed by atoms with Crippen molar-refractivity contribution >= 4 is 18.7 Å². The molecule has 0 bridgehead atoms. The van der Waals surface area contributed by atoms with E-state index in [-0.39, 0.29) is 31.3 Å². The second-order valence-corrected chi connectivity index (χ2v) is 18.6. The zero-order chi connectivity index (χ0) is 37.2. The maximum atomic E-state index is 12.9. The molecule has 6 atom stereocenters. The quantitative estimate of drug-likeness (QED) is 0.143. The summed E-state index contributed by atoms with van der Waals surface area (Å²) in [5, 5.41) is 12.6. The number of aliphatic hydroxyl groups is 1. The summed E-state index contributed by atoms with van der Waals surface area (Å²) in [6.45, 7) is 10.0. The van der Waals surface area contributed by atoms with Gasteiger partial charge in [0, 0.05) is 36.4 Å². The predicted octanol–water partition coefficient (Wildman–Crippen LogP) is 1.58. The van der Waals surface area contributed by atoms with Crippen molar-refractivity contribution in [1.29, 1.82) is 0 Å². The molecule has 0 unspecified atom stereocenters. The van der Waals surface area contributed by atoms with Gasteiger partial charge in [0.15, 0.2) is 6.29 Å². The van der Waals surface area contributed by atoms with E-state index < -0.39 is 67.9 Å². The Bertz CT molecular complexity index is 2040. The van der Waals surface area contributed by atoms with Crippen molar-refractivity contribution in [2.75, 3.05) is 19.8 Å². The summed E-state index contributed by atoms with van der Waals surface area (Å²) in [6, 6.07) is 20.5. The number of aromatic nitrogens is 4. The Kier molecular flexibility index (Phi) is 11.1. The highest BCUT2D eigenvalue weighted by atomic mass is 28.4. The Morgan fingerprint density at radius 2 is 1.27 bits per heavy atom. The smallest absolute Gasteiger partial charge is 0.330 e. The lowest BCUT2D eigenvalue weighted by molar-refractivity contribution is -0.185. The summed E-state index contributed by atoms with van der Waals surface area (Å²) in [7, 11) is -2.95. The Hall–Kier alpha value is -4.22. The van der Waals surface area contributed by atoms with Crippen LogP contribution in [0.3, 0.4) is 0 Å². The first kappa shape index (κ1) is 37.5. The molecule has 0 amide bonds. The first-order valence-electron chi connectivity index (χ1n) is 17.4. The number of aromatic amines is 2. The standard InChI is InChI=1S/C37H46N4O10Si/c1-23-20-40(35(45)38-32(23)43)30-18-27(42)34(51-30)48-17-16-47-28-19-31(41-21-24(2)33(44)39-36(41)46)50-29(28)22-49-52(37(3,4)5,25-12-8-6-9-13-25)26-14-10-7-11-15-26/h6-15,20-21,27-31,34,42H,16-19,22H2,1-5H3,(H,38,43,45)(H,39,44,46)/t27-,28-,29+,30+,31+,34-/m0/s1. The van der Waals surface area contributed by atoms with Crippen LogP contribution in [-0.4, -0.2) is 76.9 Å². The van der Waals surface area contributed by atoms with E-state index in [0.717, 1.165) is 10.4 Å². The summed E-state index contributed by atoms with van der Waals surface area (Å²) >= 11 is 0. The van der Waals surface area contributed by atoms with Crippen LogP contribution in [0.1, 0.15) is 57.2 Å². The van der Waals surface area contributed by atoms with Crippen LogP contribution in [0.4, 0.5) is 0 Å². The fourth-order valence-corrected chi connectivity index (χ4v) is 11.6. The minimum Gasteiger partial charge on any atom is -0.405 e. The molecule has 0 aliphatic carbocycles. The highest BCUT2D eigenvalue weighted by Gasteiger charge is 2.51. The van der Waals surface area contributed by atoms with Gasteiger partial charge in [-0.1, -0.05) is 81.4 Å². The summed E-state index contributed by atoms with van der Waals surface area (Å²) in [6.07, 6.45) is -1.48. The van der Waals surface area contributed by atoms with Gasteiger partial charge in [-0.05, 0) is 29.3 Å². The highest BCUT2D eigenvalue weighted by molar-refractivity contribution is 6.99. The molecule has 52 heavy (non-hydrogen) atoms. The zero-order valence-corrected chi connectivity index (χ0v) is 30.9. The third-order valence-corrected chi connectivity index (χ3v) is 14.7. The van der Waals surface area contributed by atoms with Crippen molar-refractivity contribution in [2.24, 2.45) is 0 Å². The van der Waals surface area contributed by atoms with E-state index in [0.29, 0.717) is 17.5 Å². The number of hydrogen-bond donors (Lipinski definition) is 3. The van der Waals surface area contributed by atoms with Gasteiger partial charge in [0.05, 0.1) is 25.9 Å². The molecule has 0 radical (unpaired) electrons. The predicted molar refractivity (Wildman–Crippen MR) is 194 cm³/mol. The lowest BCUT2D eigenvalue weighted by Crippen LogP contribution is -2.67. The molecule has 2 aromatic carbocycles. The molecule has 3 N–H and O–H groups in total. The second kappa shape index (κ2) is 15.4. The molecule has 2 aliphatic heterocycles. The van der Waals surface area contributed by atoms with Crippen LogP contribution < -0.4 is 32.9 Å². The summed E-state index contributed by atoms with van der Waals surface area (Å²) in [5.74, 6) is 0. The van der Waals surface area contributed by atoms with Crippen LogP contribution in [0.2, 0.25) is 5.04 Å².